The molecular formula is C21H23N3O4. The van der Waals surface area contributed by atoms with Crippen molar-refractivity contribution in [2.24, 2.45) is 7.05 Å². The lowest BCUT2D eigenvalue weighted by molar-refractivity contribution is -0.121. The van der Waals surface area contributed by atoms with Gasteiger partial charge in [-0.05, 0) is 43.7 Å². The van der Waals surface area contributed by atoms with Crippen molar-refractivity contribution in [2.75, 3.05) is 0 Å². The van der Waals surface area contributed by atoms with Gasteiger partial charge in [-0.2, -0.15) is 0 Å². The van der Waals surface area contributed by atoms with E-state index in [-0.39, 0.29) is 18.6 Å². The Hall–Kier alpha value is -3.35. The Kier molecular flexibility index (Phi) is 5.63. The number of nitrogens with zero attached hydrogens (tertiary/aromatic N) is 2. The summed E-state index contributed by atoms with van der Waals surface area (Å²) in [6.45, 7) is 4.01. The summed E-state index contributed by atoms with van der Waals surface area (Å²) in [5.41, 5.74) is 0.671. The summed E-state index contributed by atoms with van der Waals surface area (Å²) in [5, 5.41) is 2.79. The lowest BCUT2D eigenvalue weighted by Gasteiger charge is -2.13. The van der Waals surface area contributed by atoms with E-state index in [9.17, 15) is 14.4 Å². The molecule has 0 aliphatic rings. The lowest BCUT2D eigenvalue weighted by atomic mass is 10.2. The van der Waals surface area contributed by atoms with Crippen LogP contribution in [0.25, 0.3) is 11.0 Å². The number of hydrogen-bond acceptors (Lipinski definition) is 4. The van der Waals surface area contributed by atoms with Crippen LogP contribution in [0.15, 0.2) is 58.1 Å². The Morgan fingerprint density at radius 2 is 1.64 bits per heavy atom. The van der Waals surface area contributed by atoms with Crippen molar-refractivity contribution >= 4 is 16.9 Å². The number of hydrogen-bond donors (Lipinski definition) is 1. The van der Waals surface area contributed by atoms with Gasteiger partial charge in [-0.15, -0.1) is 0 Å². The molecule has 7 heteroatoms. The van der Waals surface area contributed by atoms with Crippen molar-refractivity contribution < 1.29 is 9.53 Å². The molecule has 3 aromatic rings. The van der Waals surface area contributed by atoms with E-state index in [1.165, 1.54) is 9.13 Å². The van der Waals surface area contributed by atoms with Crippen LogP contribution in [0.2, 0.25) is 0 Å². The Balaban J connectivity index is 1.74. The second-order valence-electron chi connectivity index (χ2n) is 6.83. The highest BCUT2D eigenvalue weighted by Gasteiger charge is 2.13. The number of aromatic nitrogens is 2. The quantitative estimate of drug-likeness (QED) is 0.660. The Labute approximate surface area is 162 Å². The third-order valence-corrected chi connectivity index (χ3v) is 4.35. The molecule has 0 saturated heterocycles. The molecule has 0 saturated carbocycles. The number of benzene rings is 2. The highest BCUT2D eigenvalue weighted by Crippen LogP contribution is 2.14. The molecule has 2 aromatic carbocycles. The molecule has 0 aliphatic carbocycles. The molecule has 1 amide bonds. The molecule has 0 bridgehead atoms. The Morgan fingerprint density at radius 1 is 1.00 bits per heavy atom. The van der Waals surface area contributed by atoms with E-state index in [2.05, 4.69) is 5.32 Å². The molecule has 0 spiro atoms. The van der Waals surface area contributed by atoms with Gasteiger partial charge in [-0.25, -0.2) is 0 Å². The average Bonchev–Trinajstić information content (AvgIpc) is 2.68. The minimum Gasteiger partial charge on any atom is -0.491 e. The molecule has 0 radical (unpaired) electrons. The minimum absolute atomic E-state index is 0.0947. The number of rotatable bonds is 6. The first-order valence-electron chi connectivity index (χ1n) is 9.07. The van der Waals surface area contributed by atoms with Crippen molar-refractivity contribution in [3.63, 3.8) is 0 Å². The Bertz CT molecular complexity index is 1110. The maximum absolute atomic E-state index is 12.4. The second kappa shape index (κ2) is 8.12. The average molecular weight is 381 g/mol. The predicted octanol–water partition coefficient (Wildman–Crippen LogP) is 1.80. The van der Waals surface area contributed by atoms with E-state index < -0.39 is 11.1 Å². The van der Waals surface area contributed by atoms with Crippen LogP contribution in [0.1, 0.15) is 19.4 Å². The molecule has 7 nitrogen and oxygen atoms in total. The molecule has 0 fully saturated rings. The van der Waals surface area contributed by atoms with Crippen LogP contribution in [0.5, 0.6) is 5.75 Å². The highest BCUT2D eigenvalue weighted by atomic mass is 16.5. The van der Waals surface area contributed by atoms with Crippen LogP contribution in [0.4, 0.5) is 0 Å². The largest absolute Gasteiger partial charge is 0.491 e. The number of carbonyl (C=O) groups is 1. The van der Waals surface area contributed by atoms with Gasteiger partial charge in [0.25, 0.3) is 0 Å². The first kappa shape index (κ1) is 19.4. The summed E-state index contributed by atoms with van der Waals surface area (Å²) >= 11 is 0. The van der Waals surface area contributed by atoms with E-state index in [1.54, 1.807) is 31.3 Å². The van der Waals surface area contributed by atoms with E-state index in [4.69, 9.17) is 4.74 Å². The first-order chi connectivity index (χ1) is 13.4. The highest BCUT2D eigenvalue weighted by molar-refractivity contribution is 5.80. The van der Waals surface area contributed by atoms with Crippen molar-refractivity contribution in [2.45, 2.75) is 33.0 Å². The smallest absolute Gasteiger partial charge is 0.317 e. The number of amides is 1. The number of nitrogens with one attached hydrogen (secondary N) is 1. The van der Waals surface area contributed by atoms with Crippen LogP contribution < -0.4 is 21.2 Å². The zero-order chi connectivity index (χ0) is 20.3. The summed E-state index contributed by atoms with van der Waals surface area (Å²) in [6, 6.07) is 14.4. The molecular weight excluding hydrogens is 358 g/mol. The maximum atomic E-state index is 12.4. The van der Waals surface area contributed by atoms with Crippen LogP contribution in [0, 0.1) is 0 Å². The normalized spacial score (nSPS) is 11.0. The van der Waals surface area contributed by atoms with Crippen LogP contribution in [-0.4, -0.2) is 21.1 Å². The predicted molar refractivity (Wildman–Crippen MR) is 108 cm³/mol. The molecule has 1 aromatic heterocycles. The number of fused-ring (bicyclic) bond motifs is 1. The molecule has 0 atom stereocenters. The molecule has 0 unspecified atom stereocenters. The van der Waals surface area contributed by atoms with Gasteiger partial charge < -0.3 is 14.6 Å². The standard InChI is InChI=1S/C21H23N3O4/c1-14(2)28-16-10-8-15(9-11-16)12-22-19(25)13-24-18-7-5-4-6-17(18)23(3)20(26)21(24)27/h4-11,14H,12-13H2,1-3H3,(H,22,25). The second-order valence-corrected chi connectivity index (χ2v) is 6.83. The fourth-order valence-electron chi connectivity index (χ4n) is 2.97. The third-order valence-electron chi connectivity index (χ3n) is 4.35. The van der Waals surface area contributed by atoms with E-state index in [0.717, 1.165) is 11.3 Å². The van der Waals surface area contributed by atoms with E-state index in [0.29, 0.717) is 17.6 Å². The third kappa shape index (κ3) is 4.14. The summed E-state index contributed by atoms with van der Waals surface area (Å²) in [4.78, 5) is 36.9. The van der Waals surface area contributed by atoms with Crippen molar-refractivity contribution in [1.82, 2.24) is 14.5 Å². The summed E-state index contributed by atoms with van der Waals surface area (Å²) < 4.78 is 8.11. The van der Waals surface area contributed by atoms with Gasteiger partial charge >= 0.3 is 11.1 Å². The van der Waals surface area contributed by atoms with E-state index in [1.807, 2.05) is 38.1 Å². The van der Waals surface area contributed by atoms with Crippen molar-refractivity contribution in [3.8, 4) is 5.75 Å². The van der Waals surface area contributed by atoms with E-state index >= 15 is 0 Å². The van der Waals surface area contributed by atoms with Crippen LogP contribution in [0.3, 0.4) is 0 Å². The fourth-order valence-corrected chi connectivity index (χ4v) is 2.97. The summed E-state index contributed by atoms with van der Waals surface area (Å²) in [7, 11) is 1.54. The van der Waals surface area contributed by atoms with Gasteiger partial charge in [0.05, 0.1) is 17.1 Å². The van der Waals surface area contributed by atoms with Crippen LogP contribution >= 0.6 is 0 Å². The fraction of sp³-hybridized carbons (Fsp3) is 0.286. The molecule has 0 aliphatic heterocycles. The maximum Gasteiger partial charge on any atom is 0.317 e. The molecule has 146 valence electrons. The zero-order valence-electron chi connectivity index (χ0n) is 16.1. The van der Waals surface area contributed by atoms with Crippen molar-refractivity contribution in [1.29, 1.82) is 0 Å². The Morgan fingerprint density at radius 3 is 2.29 bits per heavy atom. The summed E-state index contributed by atoms with van der Waals surface area (Å²) in [5.74, 6) is 0.422. The SMILES string of the molecule is CC(C)Oc1ccc(CNC(=O)Cn2c(=O)c(=O)n(C)c3ccccc32)cc1. The number of para-hydroxylation sites is 2. The lowest BCUT2D eigenvalue weighted by Crippen LogP contribution is -2.43. The summed E-state index contributed by atoms with van der Waals surface area (Å²) in [6.07, 6.45) is 0.0947. The van der Waals surface area contributed by atoms with Gasteiger partial charge in [0, 0.05) is 13.6 Å². The van der Waals surface area contributed by atoms with Gasteiger partial charge in [-0.1, -0.05) is 24.3 Å². The van der Waals surface area contributed by atoms with Gasteiger partial charge in [-0.3, -0.25) is 19.0 Å². The first-order valence-corrected chi connectivity index (χ1v) is 9.07. The number of aryl methyl sites for hydroxylation is 1. The minimum atomic E-state index is -0.716. The molecule has 3 rings (SSSR count). The van der Waals surface area contributed by atoms with Crippen molar-refractivity contribution in [3.05, 3.63) is 74.8 Å². The molecule has 1 heterocycles. The monoisotopic (exact) mass is 381 g/mol. The molecule has 1 N–H and O–H groups in total. The van der Waals surface area contributed by atoms with Crippen LogP contribution in [-0.2, 0) is 24.9 Å². The van der Waals surface area contributed by atoms with Gasteiger partial charge in [0.2, 0.25) is 5.91 Å². The molecule has 28 heavy (non-hydrogen) atoms. The zero-order valence-corrected chi connectivity index (χ0v) is 16.1. The topological polar surface area (TPSA) is 82.3 Å². The van der Waals surface area contributed by atoms with Gasteiger partial charge in [0.1, 0.15) is 12.3 Å². The number of carbonyl (C=O) groups excluding carboxylic acids is 1. The number of ether oxygens (including phenoxy) is 1. The van der Waals surface area contributed by atoms with Gasteiger partial charge in [0.15, 0.2) is 0 Å².